The van der Waals surface area contributed by atoms with Crippen LogP contribution in [0.2, 0.25) is 0 Å². The highest BCUT2D eigenvalue weighted by atomic mass is 35.5. The number of halogens is 4. The summed E-state index contributed by atoms with van der Waals surface area (Å²) in [7, 11) is 0. The van der Waals surface area contributed by atoms with Crippen molar-refractivity contribution >= 4 is 22.5 Å². The Hall–Kier alpha value is -1.56. The van der Waals surface area contributed by atoms with Gasteiger partial charge < -0.3 is 4.98 Å². The molecule has 1 N–H and O–H groups in total. The third kappa shape index (κ3) is 2.26. The van der Waals surface area contributed by atoms with Crippen LogP contribution in [0.5, 0.6) is 0 Å². The summed E-state index contributed by atoms with van der Waals surface area (Å²) < 4.78 is 37.3. The van der Waals surface area contributed by atoms with Gasteiger partial charge in [-0.2, -0.15) is 13.2 Å². The molecule has 0 aliphatic heterocycles. The number of aromatic nitrogens is 2. The van der Waals surface area contributed by atoms with Gasteiger partial charge in [-0.15, -0.1) is 11.6 Å². The summed E-state index contributed by atoms with van der Waals surface area (Å²) in [6.07, 6.45) is -4.48. The minimum atomic E-state index is -4.48. The van der Waals surface area contributed by atoms with Gasteiger partial charge >= 0.3 is 6.18 Å². The Morgan fingerprint density at radius 2 is 2.06 bits per heavy atom. The molecule has 3 nitrogen and oxygen atoms in total. The van der Waals surface area contributed by atoms with Gasteiger partial charge in [-0.1, -0.05) is 0 Å². The van der Waals surface area contributed by atoms with E-state index in [0.29, 0.717) is 0 Å². The standard InChI is InChI=1S/C10H6ClF3N2O/c11-4-8-15-7-2-1-5(10(12,13)14)3-6(7)9(17)16-8/h1-3H,4H2,(H,15,16,17). The number of nitrogens with zero attached hydrogens (tertiary/aromatic N) is 1. The Morgan fingerprint density at radius 3 is 2.65 bits per heavy atom. The first kappa shape index (κ1) is 11.9. The summed E-state index contributed by atoms with van der Waals surface area (Å²) >= 11 is 5.49. The average molecular weight is 263 g/mol. The first-order chi connectivity index (χ1) is 7.91. The molecule has 0 radical (unpaired) electrons. The molecule has 90 valence electrons. The van der Waals surface area contributed by atoms with Gasteiger partial charge in [0.05, 0.1) is 22.3 Å². The molecule has 0 saturated heterocycles. The normalized spacial score (nSPS) is 12.0. The van der Waals surface area contributed by atoms with Gasteiger partial charge in [0.1, 0.15) is 5.82 Å². The van der Waals surface area contributed by atoms with E-state index >= 15 is 0 Å². The average Bonchev–Trinajstić information content (AvgIpc) is 2.27. The first-order valence-corrected chi connectivity index (χ1v) is 5.11. The van der Waals surface area contributed by atoms with Crippen molar-refractivity contribution in [3.05, 3.63) is 39.9 Å². The summed E-state index contributed by atoms with van der Waals surface area (Å²) in [6.45, 7) is 0. The van der Waals surface area contributed by atoms with Crippen LogP contribution < -0.4 is 5.56 Å². The Bertz CT molecular complexity index is 621. The fraction of sp³-hybridized carbons (Fsp3) is 0.200. The molecule has 0 spiro atoms. The summed E-state index contributed by atoms with van der Waals surface area (Å²) in [5.74, 6) is 0.218. The molecule has 1 aromatic carbocycles. The summed E-state index contributed by atoms with van der Waals surface area (Å²) in [4.78, 5) is 17.8. The number of alkyl halides is 4. The molecule has 2 aromatic rings. The van der Waals surface area contributed by atoms with Gasteiger partial charge in [-0.05, 0) is 18.2 Å². The number of hydrogen-bond donors (Lipinski definition) is 1. The van der Waals surface area contributed by atoms with Gasteiger partial charge in [0.15, 0.2) is 0 Å². The van der Waals surface area contributed by atoms with Gasteiger partial charge in [0.25, 0.3) is 5.56 Å². The molecule has 2 rings (SSSR count). The van der Waals surface area contributed by atoms with E-state index in [1.54, 1.807) is 0 Å². The zero-order valence-corrected chi connectivity index (χ0v) is 9.06. The Kier molecular flexibility index (Phi) is 2.82. The van der Waals surface area contributed by atoms with Crippen LogP contribution in [0.1, 0.15) is 11.4 Å². The topological polar surface area (TPSA) is 45.8 Å². The zero-order chi connectivity index (χ0) is 12.6. The number of nitrogens with one attached hydrogen (secondary N) is 1. The van der Waals surface area contributed by atoms with Crippen LogP contribution in [-0.2, 0) is 12.1 Å². The Balaban J connectivity index is 2.71. The van der Waals surface area contributed by atoms with E-state index < -0.39 is 17.3 Å². The van der Waals surface area contributed by atoms with Crippen LogP contribution in [0, 0.1) is 0 Å². The van der Waals surface area contributed by atoms with Crippen LogP contribution in [0.3, 0.4) is 0 Å². The smallest absolute Gasteiger partial charge is 0.309 e. The fourth-order valence-electron chi connectivity index (χ4n) is 1.43. The summed E-state index contributed by atoms with van der Waals surface area (Å²) in [5, 5.41) is -0.103. The number of benzene rings is 1. The zero-order valence-electron chi connectivity index (χ0n) is 8.31. The van der Waals surface area contributed by atoms with E-state index in [-0.39, 0.29) is 22.6 Å². The molecular weight excluding hydrogens is 257 g/mol. The van der Waals surface area contributed by atoms with Crippen LogP contribution >= 0.6 is 11.6 Å². The maximum absolute atomic E-state index is 12.4. The second kappa shape index (κ2) is 4.03. The second-order valence-electron chi connectivity index (χ2n) is 3.38. The van der Waals surface area contributed by atoms with E-state index in [1.165, 1.54) is 0 Å². The second-order valence-corrected chi connectivity index (χ2v) is 3.64. The highest BCUT2D eigenvalue weighted by Crippen LogP contribution is 2.30. The van der Waals surface area contributed by atoms with Gasteiger partial charge in [0.2, 0.25) is 0 Å². The quantitative estimate of drug-likeness (QED) is 0.803. The third-order valence-corrected chi connectivity index (χ3v) is 2.46. The SMILES string of the molecule is O=c1[nH]c(CCl)nc2ccc(C(F)(F)F)cc12. The van der Waals surface area contributed by atoms with Crippen molar-refractivity contribution in [3.63, 3.8) is 0 Å². The van der Waals surface area contributed by atoms with Crippen molar-refractivity contribution in [2.45, 2.75) is 12.1 Å². The summed E-state index contributed by atoms with van der Waals surface area (Å²) in [5.41, 5.74) is -1.31. The highest BCUT2D eigenvalue weighted by Gasteiger charge is 2.30. The fourth-order valence-corrected chi connectivity index (χ4v) is 1.55. The van der Waals surface area contributed by atoms with Crippen molar-refractivity contribution in [1.82, 2.24) is 9.97 Å². The number of fused-ring (bicyclic) bond motifs is 1. The molecule has 0 aliphatic rings. The molecular formula is C10H6ClF3N2O. The van der Waals surface area contributed by atoms with Crippen LogP contribution in [0.4, 0.5) is 13.2 Å². The van der Waals surface area contributed by atoms with E-state index in [9.17, 15) is 18.0 Å². The third-order valence-electron chi connectivity index (χ3n) is 2.21. The lowest BCUT2D eigenvalue weighted by Gasteiger charge is -2.07. The van der Waals surface area contributed by atoms with E-state index in [4.69, 9.17) is 11.6 Å². The molecule has 1 heterocycles. The molecule has 0 unspecified atom stereocenters. The predicted octanol–water partition coefficient (Wildman–Crippen LogP) is 2.68. The van der Waals surface area contributed by atoms with Gasteiger partial charge in [-0.3, -0.25) is 4.79 Å². The highest BCUT2D eigenvalue weighted by molar-refractivity contribution is 6.16. The van der Waals surface area contributed by atoms with Crippen LogP contribution in [0.15, 0.2) is 23.0 Å². The maximum Gasteiger partial charge on any atom is 0.416 e. The molecule has 1 aromatic heterocycles. The maximum atomic E-state index is 12.4. The molecule has 17 heavy (non-hydrogen) atoms. The lowest BCUT2D eigenvalue weighted by atomic mass is 10.1. The largest absolute Gasteiger partial charge is 0.416 e. The minimum Gasteiger partial charge on any atom is -0.309 e. The first-order valence-electron chi connectivity index (χ1n) is 4.58. The lowest BCUT2D eigenvalue weighted by molar-refractivity contribution is -0.137. The molecule has 0 fully saturated rings. The molecule has 0 saturated carbocycles. The molecule has 0 aliphatic carbocycles. The predicted molar refractivity (Wildman–Crippen MR) is 56.9 cm³/mol. The molecule has 0 atom stereocenters. The van der Waals surface area contributed by atoms with Crippen molar-refractivity contribution in [2.75, 3.05) is 0 Å². The molecule has 0 amide bonds. The summed E-state index contributed by atoms with van der Waals surface area (Å²) in [6, 6.07) is 2.81. The van der Waals surface area contributed by atoms with Crippen LogP contribution in [0.25, 0.3) is 10.9 Å². The lowest BCUT2D eigenvalue weighted by Crippen LogP contribution is -2.13. The monoisotopic (exact) mass is 262 g/mol. The number of rotatable bonds is 1. The van der Waals surface area contributed by atoms with Crippen molar-refractivity contribution in [2.24, 2.45) is 0 Å². The number of H-pyrrole nitrogens is 1. The Morgan fingerprint density at radius 1 is 1.35 bits per heavy atom. The van der Waals surface area contributed by atoms with Crippen molar-refractivity contribution < 1.29 is 13.2 Å². The minimum absolute atomic E-state index is 0.00774. The Labute approximate surface area is 98.2 Å². The van der Waals surface area contributed by atoms with Gasteiger partial charge in [-0.25, -0.2) is 4.98 Å². The number of aromatic amines is 1. The molecule has 0 bridgehead atoms. The van der Waals surface area contributed by atoms with Gasteiger partial charge in [0, 0.05) is 0 Å². The van der Waals surface area contributed by atoms with Crippen LogP contribution in [-0.4, -0.2) is 9.97 Å². The van der Waals surface area contributed by atoms with Crippen molar-refractivity contribution in [3.8, 4) is 0 Å². The van der Waals surface area contributed by atoms with E-state index in [0.717, 1.165) is 18.2 Å². The molecule has 7 heteroatoms. The van der Waals surface area contributed by atoms with E-state index in [1.807, 2.05) is 0 Å². The number of hydrogen-bond acceptors (Lipinski definition) is 2. The van der Waals surface area contributed by atoms with E-state index in [2.05, 4.69) is 9.97 Å². The van der Waals surface area contributed by atoms with Crippen molar-refractivity contribution in [1.29, 1.82) is 0 Å².